The van der Waals surface area contributed by atoms with E-state index in [1.54, 1.807) is 0 Å². The topological polar surface area (TPSA) is 24.1 Å². The van der Waals surface area contributed by atoms with Crippen molar-refractivity contribution in [3.05, 3.63) is 0 Å². The number of hydrogen-bond donors (Lipinski definition) is 2. The lowest BCUT2D eigenvalue weighted by Crippen LogP contribution is -2.39. The Morgan fingerprint density at radius 3 is 2.81 bits per heavy atom. The highest BCUT2D eigenvalue weighted by atomic mass is 14.9. The summed E-state index contributed by atoms with van der Waals surface area (Å²) in [5, 5.41) is 7.08. The average Bonchev–Trinajstić information content (AvgIpc) is 2.41. The normalized spacial score (nSPS) is 27.4. The number of nitrogens with one attached hydrogen (secondary N) is 2. The molecule has 0 aromatic carbocycles. The monoisotopic (exact) mass is 226 g/mol. The van der Waals surface area contributed by atoms with E-state index >= 15 is 0 Å². The van der Waals surface area contributed by atoms with E-state index < -0.39 is 0 Å². The van der Waals surface area contributed by atoms with Crippen molar-refractivity contribution in [3.63, 3.8) is 0 Å². The first-order valence-corrected chi connectivity index (χ1v) is 6.97. The Kier molecular flexibility index (Phi) is 5.77. The van der Waals surface area contributed by atoms with Crippen LogP contribution in [0, 0.1) is 11.3 Å². The van der Waals surface area contributed by atoms with Crippen molar-refractivity contribution in [1.29, 1.82) is 0 Å². The van der Waals surface area contributed by atoms with Crippen molar-refractivity contribution in [2.75, 3.05) is 20.1 Å². The highest BCUT2D eigenvalue weighted by molar-refractivity contribution is 4.84. The van der Waals surface area contributed by atoms with Gasteiger partial charge in [-0.25, -0.2) is 0 Å². The number of rotatable bonds is 5. The van der Waals surface area contributed by atoms with E-state index in [0.29, 0.717) is 5.41 Å². The third-order valence-electron chi connectivity index (χ3n) is 4.07. The molecule has 2 N–H and O–H groups in total. The predicted molar refractivity (Wildman–Crippen MR) is 71.7 cm³/mol. The van der Waals surface area contributed by atoms with Crippen LogP contribution in [0.1, 0.15) is 52.9 Å². The lowest BCUT2D eigenvalue weighted by atomic mass is 9.87. The van der Waals surface area contributed by atoms with Gasteiger partial charge in [-0.2, -0.15) is 0 Å². The lowest BCUT2D eigenvalue weighted by molar-refractivity contribution is 0.291. The molecule has 1 rings (SSSR count). The summed E-state index contributed by atoms with van der Waals surface area (Å²) < 4.78 is 0. The first kappa shape index (κ1) is 14.0. The van der Waals surface area contributed by atoms with Gasteiger partial charge < -0.3 is 10.6 Å². The minimum absolute atomic E-state index is 0.496. The quantitative estimate of drug-likeness (QED) is 0.753. The van der Waals surface area contributed by atoms with Gasteiger partial charge in [0, 0.05) is 12.6 Å². The summed E-state index contributed by atoms with van der Waals surface area (Å²) in [6.07, 6.45) is 6.75. The Bertz CT molecular complexity index is 189. The van der Waals surface area contributed by atoms with Crippen LogP contribution in [0.5, 0.6) is 0 Å². The van der Waals surface area contributed by atoms with E-state index in [4.69, 9.17) is 0 Å². The van der Waals surface area contributed by atoms with Crippen LogP contribution in [0.25, 0.3) is 0 Å². The molecule has 2 unspecified atom stereocenters. The molecule has 1 aliphatic rings. The Labute approximate surface area is 102 Å². The largest absolute Gasteiger partial charge is 0.320 e. The van der Waals surface area contributed by atoms with Crippen molar-refractivity contribution < 1.29 is 0 Å². The molecule has 0 aliphatic carbocycles. The molecule has 2 heteroatoms. The van der Waals surface area contributed by atoms with Gasteiger partial charge in [-0.05, 0) is 44.2 Å². The summed E-state index contributed by atoms with van der Waals surface area (Å²) in [5.41, 5.74) is 0.496. The molecule has 1 saturated heterocycles. The van der Waals surface area contributed by atoms with E-state index in [9.17, 15) is 0 Å². The zero-order chi connectivity index (χ0) is 12.0. The van der Waals surface area contributed by atoms with Gasteiger partial charge in [0.15, 0.2) is 0 Å². The summed E-state index contributed by atoms with van der Waals surface area (Å²) >= 11 is 0. The Morgan fingerprint density at radius 2 is 2.19 bits per heavy atom. The Morgan fingerprint density at radius 1 is 1.44 bits per heavy atom. The molecule has 16 heavy (non-hydrogen) atoms. The minimum Gasteiger partial charge on any atom is -0.320 e. The van der Waals surface area contributed by atoms with Gasteiger partial charge >= 0.3 is 0 Å². The Balaban J connectivity index is 2.44. The molecule has 1 heterocycles. The molecule has 2 atom stereocenters. The van der Waals surface area contributed by atoms with Gasteiger partial charge in [0.05, 0.1) is 0 Å². The van der Waals surface area contributed by atoms with Crippen LogP contribution in [0.3, 0.4) is 0 Å². The molecule has 0 saturated carbocycles. The molecule has 1 aliphatic heterocycles. The SMILES string of the molecule is CCC(CCNC)C1CCCC(C)(C)CN1. The van der Waals surface area contributed by atoms with Crippen LogP contribution >= 0.6 is 0 Å². The average molecular weight is 226 g/mol. The van der Waals surface area contributed by atoms with Crippen LogP contribution in [-0.2, 0) is 0 Å². The van der Waals surface area contributed by atoms with Gasteiger partial charge in [0.2, 0.25) is 0 Å². The van der Waals surface area contributed by atoms with E-state index in [1.807, 2.05) is 0 Å². The van der Waals surface area contributed by atoms with Crippen LogP contribution in [0.2, 0.25) is 0 Å². The molecule has 2 nitrogen and oxygen atoms in total. The molecule has 0 spiro atoms. The first-order chi connectivity index (χ1) is 7.59. The van der Waals surface area contributed by atoms with Gasteiger partial charge in [-0.3, -0.25) is 0 Å². The fourth-order valence-electron chi connectivity index (χ4n) is 2.82. The zero-order valence-electron chi connectivity index (χ0n) is 11.6. The smallest absolute Gasteiger partial charge is 0.00959 e. The molecular weight excluding hydrogens is 196 g/mol. The van der Waals surface area contributed by atoms with E-state index in [2.05, 4.69) is 38.5 Å². The fraction of sp³-hybridized carbons (Fsp3) is 1.00. The highest BCUT2D eigenvalue weighted by Gasteiger charge is 2.27. The van der Waals surface area contributed by atoms with Gasteiger partial charge in [-0.15, -0.1) is 0 Å². The van der Waals surface area contributed by atoms with Gasteiger partial charge in [0.25, 0.3) is 0 Å². The van der Waals surface area contributed by atoms with Crippen LogP contribution in [0.4, 0.5) is 0 Å². The molecule has 0 amide bonds. The van der Waals surface area contributed by atoms with Crippen molar-refractivity contribution in [2.24, 2.45) is 11.3 Å². The zero-order valence-corrected chi connectivity index (χ0v) is 11.6. The predicted octanol–water partition coefficient (Wildman–Crippen LogP) is 2.79. The van der Waals surface area contributed by atoms with Crippen molar-refractivity contribution >= 4 is 0 Å². The van der Waals surface area contributed by atoms with Crippen molar-refractivity contribution in [3.8, 4) is 0 Å². The molecule has 0 aromatic rings. The van der Waals surface area contributed by atoms with Crippen molar-refractivity contribution in [2.45, 2.75) is 58.9 Å². The fourth-order valence-corrected chi connectivity index (χ4v) is 2.82. The van der Waals surface area contributed by atoms with E-state index in [-0.39, 0.29) is 0 Å². The van der Waals surface area contributed by atoms with Crippen molar-refractivity contribution in [1.82, 2.24) is 10.6 Å². The lowest BCUT2D eigenvalue weighted by Gasteiger charge is -2.28. The second-order valence-electron chi connectivity index (χ2n) is 6.10. The summed E-state index contributed by atoms with van der Waals surface area (Å²) in [5.74, 6) is 0.848. The summed E-state index contributed by atoms with van der Waals surface area (Å²) in [6.45, 7) is 9.44. The molecular formula is C14H30N2. The summed E-state index contributed by atoms with van der Waals surface area (Å²) in [7, 11) is 2.05. The molecule has 1 fully saturated rings. The van der Waals surface area contributed by atoms with Crippen LogP contribution in [0.15, 0.2) is 0 Å². The van der Waals surface area contributed by atoms with Crippen LogP contribution < -0.4 is 10.6 Å². The number of hydrogen-bond acceptors (Lipinski definition) is 2. The molecule has 0 radical (unpaired) electrons. The third kappa shape index (κ3) is 4.42. The second-order valence-corrected chi connectivity index (χ2v) is 6.10. The first-order valence-electron chi connectivity index (χ1n) is 6.97. The second kappa shape index (κ2) is 6.61. The van der Waals surface area contributed by atoms with Crippen LogP contribution in [-0.4, -0.2) is 26.2 Å². The maximum absolute atomic E-state index is 3.80. The van der Waals surface area contributed by atoms with E-state index in [1.165, 1.54) is 38.6 Å². The minimum atomic E-state index is 0.496. The standard InChI is InChI=1S/C14H30N2/c1-5-12(8-10-15-4)13-7-6-9-14(2,3)11-16-13/h12-13,15-16H,5-11H2,1-4H3. The highest BCUT2D eigenvalue weighted by Crippen LogP contribution is 2.29. The molecule has 96 valence electrons. The maximum atomic E-state index is 3.80. The molecule has 0 aromatic heterocycles. The van der Waals surface area contributed by atoms with Gasteiger partial charge in [-0.1, -0.05) is 33.6 Å². The Hall–Kier alpha value is -0.0800. The van der Waals surface area contributed by atoms with Gasteiger partial charge in [0.1, 0.15) is 0 Å². The third-order valence-corrected chi connectivity index (χ3v) is 4.07. The summed E-state index contributed by atoms with van der Waals surface area (Å²) in [6, 6.07) is 0.750. The molecule has 0 bridgehead atoms. The van der Waals surface area contributed by atoms with E-state index in [0.717, 1.165) is 18.5 Å². The maximum Gasteiger partial charge on any atom is 0.00959 e. The summed E-state index contributed by atoms with van der Waals surface area (Å²) in [4.78, 5) is 0.